The molecule has 5 rings (SSSR count). The fraction of sp³-hybridized carbons (Fsp3) is 0.407. The summed E-state index contributed by atoms with van der Waals surface area (Å²) in [6.45, 7) is 28.5. The van der Waals surface area contributed by atoms with Crippen molar-refractivity contribution in [3.05, 3.63) is 159 Å². The summed E-state index contributed by atoms with van der Waals surface area (Å²) in [6.07, 6.45) is 4.42. The molecule has 344 valence electrons. The summed E-state index contributed by atoms with van der Waals surface area (Å²) in [4.78, 5) is 42.2. The van der Waals surface area contributed by atoms with Crippen LogP contribution < -0.4 is 10.1 Å². The predicted octanol–water partition coefficient (Wildman–Crippen LogP) is 9.17. The first kappa shape index (κ1) is 49.9. The molecule has 1 N–H and O–H groups in total. The Labute approximate surface area is 387 Å². The van der Waals surface area contributed by atoms with Gasteiger partial charge in [-0.1, -0.05) is 59.9 Å². The molecule has 4 aromatic rings. The standard InChI is InChI=1S/C54H68N6O5/c1-40(2)30-47(17-16-45-18-20-50(21-19-45)63-29-13-22-55-53(62)65-54(7,8)9)32-43(5)36-58-23-25-59(37-48-33-41(3)31-44(6)56-48)27-28-60(26-24-58)38-49-34-42(4)35-51(57-49)52(61)64-39-46-14-11-10-12-15-46/h10-12,14-15,18-21,30-35H,1,13,22-29,36-39H2,2-9H3,(H,55,62)/b43-32+,47-30-. The van der Waals surface area contributed by atoms with E-state index in [9.17, 15) is 9.59 Å². The number of carbonyl (C=O) groups excluding carboxylic acids is 2. The molecule has 3 heterocycles. The molecule has 0 unspecified atom stereocenters. The molecule has 0 bridgehead atoms. The van der Waals surface area contributed by atoms with E-state index in [1.165, 1.54) is 11.1 Å². The zero-order chi connectivity index (χ0) is 46.8. The molecule has 2 aromatic carbocycles. The molecule has 0 aliphatic carbocycles. The van der Waals surface area contributed by atoms with Crippen LogP contribution in [0.4, 0.5) is 4.79 Å². The van der Waals surface area contributed by atoms with Crippen LogP contribution in [0.1, 0.15) is 90.9 Å². The minimum atomic E-state index is -0.528. The van der Waals surface area contributed by atoms with E-state index in [1.807, 2.05) is 95.3 Å². The summed E-state index contributed by atoms with van der Waals surface area (Å²) in [6, 6.07) is 25.6. The van der Waals surface area contributed by atoms with Crippen LogP contribution in [-0.4, -0.2) is 101 Å². The maximum atomic E-state index is 13.2. The number of ether oxygens (including phenoxy) is 3. The quantitative estimate of drug-likeness (QED) is 0.0507. The molecule has 0 radical (unpaired) electrons. The third-order valence-corrected chi connectivity index (χ3v) is 10.3. The van der Waals surface area contributed by atoms with Gasteiger partial charge >= 0.3 is 12.1 Å². The van der Waals surface area contributed by atoms with Crippen LogP contribution in [-0.2, 0) is 29.2 Å². The number of nitrogens with zero attached hydrogens (tertiary/aromatic N) is 5. The third kappa shape index (κ3) is 18.9. The molecule has 0 atom stereocenters. The van der Waals surface area contributed by atoms with Crippen LogP contribution in [0.2, 0.25) is 0 Å². The van der Waals surface area contributed by atoms with Gasteiger partial charge in [0.1, 0.15) is 23.7 Å². The Hall–Kier alpha value is -6.06. The van der Waals surface area contributed by atoms with Crippen molar-refractivity contribution in [1.82, 2.24) is 30.0 Å². The Morgan fingerprint density at radius 2 is 1.42 bits per heavy atom. The zero-order valence-corrected chi connectivity index (χ0v) is 39.8. The third-order valence-electron chi connectivity index (χ3n) is 10.3. The second-order valence-electron chi connectivity index (χ2n) is 18.0. The van der Waals surface area contributed by atoms with Gasteiger partial charge < -0.3 is 19.5 Å². The monoisotopic (exact) mass is 881 g/mol. The van der Waals surface area contributed by atoms with E-state index in [1.54, 1.807) is 6.07 Å². The van der Waals surface area contributed by atoms with Crippen LogP contribution in [0, 0.1) is 32.6 Å². The summed E-state index contributed by atoms with van der Waals surface area (Å²) < 4.78 is 16.8. The van der Waals surface area contributed by atoms with Gasteiger partial charge in [-0.05, 0) is 139 Å². The molecule has 11 nitrogen and oxygen atoms in total. The van der Waals surface area contributed by atoms with Gasteiger partial charge in [-0.25, -0.2) is 14.6 Å². The first-order chi connectivity index (χ1) is 31.0. The summed E-state index contributed by atoms with van der Waals surface area (Å²) in [7, 11) is 0. The fourth-order valence-corrected chi connectivity index (χ4v) is 7.43. The van der Waals surface area contributed by atoms with E-state index in [0.717, 1.165) is 103 Å². The molecule has 65 heavy (non-hydrogen) atoms. The fourth-order valence-electron chi connectivity index (χ4n) is 7.43. The van der Waals surface area contributed by atoms with Gasteiger partial charge in [0.25, 0.3) is 0 Å². The number of benzene rings is 2. The van der Waals surface area contributed by atoms with Gasteiger partial charge in [-0.2, -0.15) is 0 Å². The minimum absolute atomic E-state index is 0.202. The lowest BCUT2D eigenvalue weighted by atomic mass is 10.1. The average molecular weight is 881 g/mol. The van der Waals surface area contributed by atoms with Gasteiger partial charge in [0.2, 0.25) is 0 Å². The van der Waals surface area contributed by atoms with Gasteiger partial charge in [-0.3, -0.25) is 19.7 Å². The summed E-state index contributed by atoms with van der Waals surface area (Å²) in [5.74, 6) is 7.03. The number of pyridine rings is 2. The Balaban J connectivity index is 1.25. The van der Waals surface area contributed by atoms with Crippen LogP contribution in [0.3, 0.4) is 0 Å². The first-order valence-electron chi connectivity index (χ1n) is 22.6. The molecule has 1 aliphatic rings. The van der Waals surface area contributed by atoms with Crippen molar-refractivity contribution in [1.29, 1.82) is 0 Å². The van der Waals surface area contributed by atoms with Gasteiger partial charge in [0, 0.05) is 82.3 Å². The van der Waals surface area contributed by atoms with Crippen molar-refractivity contribution in [2.75, 3.05) is 59.0 Å². The lowest BCUT2D eigenvalue weighted by Crippen LogP contribution is -2.37. The average Bonchev–Trinajstić information content (AvgIpc) is 3.32. The molecule has 11 heteroatoms. The number of esters is 1. The molecule has 1 aliphatic heterocycles. The predicted molar refractivity (Wildman–Crippen MR) is 260 cm³/mol. The van der Waals surface area contributed by atoms with Crippen molar-refractivity contribution in [2.45, 2.75) is 87.1 Å². The van der Waals surface area contributed by atoms with E-state index in [2.05, 4.69) is 83.5 Å². The van der Waals surface area contributed by atoms with E-state index >= 15 is 0 Å². The number of allylic oxidation sites excluding steroid dienone is 4. The highest BCUT2D eigenvalue weighted by Crippen LogP contribution is 2.17. The number of aromatic nitrogens is 2. The molecule has 1 amide bonds. The van der Waals surface area contributed by atoms with Crippen LogP contribution in [0.5, 0.6) is 5.75 Å². The number of rotatable bonds is 16. The van der Waals surface area contributed by atoms with Crippen LogP contribution in [0.15, 0.2) is 114 Å². The highest BCUT2D eigenvalue weighted by Gasteiger charge is 2.20. The van der Waals surface area contributed by atoms with Crippen molar-refractivity contribution in [3.8, 4) is 17.6 Å². The zero-order valence-electron chi connectivity index (χ0n) is 39.8. The molecule has 0 spiro atoms. The molecular formula is C54H68N6O5. The van der Waals surface area contributed by atoms with Crippen molar-refractivity contribution in [2.24, 2.45) is 0 Å². The Kier molecular flexibility index (Phi) is 19.1. The molecule has 0 saturated carbocycles. The molecule has 1 saturated heterocycles. The second-order valence-corrected chi connectivity index (χ2v) is 18.0. The lowest BCUT2D eigenvalue weighted by molar-refractivity contribution is 0.0463. The number of hydrogen-bond acceptors (Lipinski definition) is 10. The second kappa shape index (κ2) is 24.9. The minimum Gasteiger partial charge on any atom is -0.494 e. The van der Waals surface area contributed by atoms with Crippen LogP contribution >= 0.6 is 0 Å². The maximum absolute atomic E-state index is 13.2. The molecular weight excluding hydrogens is 813 g/mol. The van der Waals surface area contributed by atoms with E-state index < -0.39 is 17.7 Å². The van der Waals surface area contributed by atoms with Crippen molar-refractivity contribution >= 4 is 12.1 Å². The Bertz CT molecular complexity index is 2320. The van der Waals surface area contributed by atoms with E-state index in [4.69, 9.17) is 24.2 Å². The lowest BCUT2D eigenvalue weighted by Gasteiger charge is -2.26. The summed E-state index contributed by atoms with van der Waals surface area (Å²) in [5.41, 5.74) is 9.78. The number of carbonyl (C=O) groups is 2. The highest BCUT2D eigenvalue weighted by molar-refractivity contribution is 5.87. The summed E-state index contributed by atoms with van der Waals surface area (Å²) in [5, 5.41) is 2.76. The molecule has 1 fully saturated rings. The Morgan fingerprint density at radius 3 is 2.03 bits per heavy atom. The molecule has 2 aromatic heterocycles. The number of hydrogen-bond donors (Lipinski definition) is 1. The normalized spacial score (nSPS) is 14.6. The summed E-state index contributed by atoms with van der Waals surface area (Å²) >= 11 is 0. The van der Waals surface area contributed by atoms with Gasteiger partial charge in [-0.15, -0.1) is 0 Å². The maximum Gasteiger partial charge on any atom is 0.407 e. The highest BCUT2D eigenvalue weighted by atomic mass is 16.6. The van der Waals surface area contributed by atoms with Gasteiger partial charge in [0.15, 0.2) is 0 Å². The van der Waals surface area contributed by atoms with E-state index in [0.29, 0.717) is 31.8 Å². The first-order valence-corrected chi connectivity index (χ1v) is 22.6. The number of aryl methyl sites for hydroxylation is 3. The SMILES string of the molecule is C=C(C)/C=C(C#Cc1ccc(OCCCNC(=O)OC(C)(C)C)cc1)\C=C(/C)CN1CCN(Cc2cc(C)cc(C)n2)CCN(Cc2cc(C)cc(C(=O)OCc3ccccc3)n2)CC1. The number of nitrogens with one attached hydrogen (secondary N) is 1. The Morgan fingerprint density at radius 1 is 0.800 bits per heavy atom. The topological polar surface area (TPSA) is 109 Å². The van der Waals surface area contributed by atoms with Crippen molar-refractivity contribution < 1.29 is 23.8 Å². The smallest absolute Gasteiger partial charge is 0.407 e. The number of amides is 1. The van der Waals surface area contributed by atoms with Crippen molar-refractivity contribution in [3.63, 3.8) is 0 Å². The van der Waals surface area contributed by atoms with E-state index in [-0.39, 0.29) is 6.61 Å². The van der Waals surface area contributed by atoms with Crippen LogP contribution in [0.25, 0.3) is 0 Å². The number of alkyl carbamates (subject to hydrolysis) is 1. The largest absolute Gasteiger partial charge is 0.494 e. The van der Waals surface area contributed by atoms with Gasteiger partial charge in [0.05, 0.1) is 18.0 Å².